The number of carbonyl (C=O) groups is 1. The van der Waals surface area contributed by atoms with Crippen LogP contribution in [0.1, 0.15) is 0 Å². The lowest BCUT2D eigenvalue weighted by Crippen LogP contribution is -2.16. The van der Waals surface area contributed by atoms with Gasteiger partial charge in [-0.1, -0.05) is 0 Å². The lowest BCUT2D eigenvalue weighted by atomic mass is 10.1. The molecule has 0 saturated carbocycles. The first kappa shape index (κ1) is 14.6. The molecule has 116 valence electrons. The van der Waals surface area contributed by atoms with Gasteiger partial charge >= 0.3 is 6.09 Å². The number of hydrogen-bond donors (Lipinski definition) is 2. The van der Waals surface area contributed by atoms with Crippen molar-refractivity contribution < 1.29 is 14.3 Å². The zero-order chi connectivity index (χ0) is 16.2. The Labute approximate surface area is 132 Å². The minimum Gasteiger partial charge on any atom is -0.497 e. The van der Waals surface area contributed by atoms with Crippen LogP contribution in [0.25, 0.3) is 22.5 Å². The molecule has 0 radical (unpaired) electrons. The second-order valence-corrected chi connectivity index (χ2v) is 4.81. The smallest absolute Gasteiger partial charge is 0.410 e. The molecule has 0 bridgehead atoms. The van der Waals surface area contributed by atoms with Gasteiger partial charge in [0.1, 0.15) is 5.75 Å². The molecule has 0 aliphatic carbocycles. The van der Waals surface area contributed by atoms with Crippen LogP contribution in [-0.4, -0.2) is 23.2 Å². The summed E-state index contributed by atoms with van der Waals surface area (Å²) in [6, 6.07) is 12.9. The summed E-state index contributed by atoms with van der Waals surface area (Å²) < 4.78 is 10.3. The van der Waals surface area contributed by atoms with Crippen molar-refractivity contribution in [1.29, 1.82) is 0 Å². The molecule has 6 heteroatoms. The molecular formula is C17H15N3O3. The van der Waals surface area contributed by atoms with Crippen LogP contribution in [0.4, 0.5) is 4.79 Å². The van der Waals surface area contributed by atoms with Crippen LogP contribution in [0, 0.1) is 0 Å². The van der Waals surface area contributed by atoms with Crippen molar-refractivity contribution in [2.75, 3.05) is 7.11 Å². The van der Waals surface area contributed by atoms with Crippen molar-refractivity contribution in [2.45, 2.75) is 0 Å². The molecule has 3 aromatic rings. The molecule has 6 nitrogen and oxygen atoms in total. The lowest BCUT2D eigenvalue weighted by Gasteiger charge is -2.05. The molecule has 2 aromatic heterocycles. The van der Waals surface area contributed by atoms with E-state index in [1.54, 1.807) is 25.6 Å². The predicted octanol–water partition coefficient (Wildman–Crippen LogP) is 3.21. The van der Waals surface area contributed by atoms with Gasteiger partial charge in [0.05, 0.1) is 12.8 Å². The Hall–Kier alpha value is -3.28. The van der Waals surface area contributed by atoms with Crippen LogP contribution in [0.15, 0.2) is 54.9 Å². The molecular weight excluding hydrogens is 294 g/mol. The van der Waals surface area contributed by atoms with Gasteiger partial charge in [0.15, 0.2) is 5.75 Å². The van der Waals surface area contributed by atoms with Crippen LogP contribution in [0.3, 0.4) is 0 Å². The Morgan fingerprint density at radius 3 is 2.39 bits per heavy atom. The number of pyridine rings is 1. The Kier molecular flexibility index (Phi) is 3.97. The second-order valence-electron chi connectivity index (χ2n) is 4.81. The van der Waals surface area contributed by atoms with E-state index in [2.05, 4.69) is 9.97 Å². The number of primary amides is 1. The fourth-order valence-corrected chi connectivity index (χ4v) is 2.28. The maximum atomic E-state index is 11.2. The second kappa shape index (κ2) is 6.23. The number of rotatable bonds is 4. The van der Waals surface area contributed by atoms with Gasteiger partial charge in [0.25, 0.3) is 0 Å². The van der Waals surface area contributed by atoms with Gasteiger partial charge in [-0.15, -0.1) is 0 Å². The molecule has 1 amide bonds. The van der Waals surface area contributed by atoms with Crippen molar-refractivity contribution in [3.05, 3.63) is 54.9 Å². The highest BCUT2D eigenvalue weighted by atomic mass is 16.5. The van der Waals surface area contributed by atoms with Crippen molar-refractivity contribution in [2.24, 2.45) is 5.73 Å². The number of nitrogens with one attached hydrogen (secondary N) is 1. The van der Waals surface area contributed by atoms with Gasteiger partial charge in [0, 0.05) is 35.3 Å². The molecule has 0 aliphatic rings. The number of hydrogen-bond acceptors (Lipinski definition) is 4. The average molecular weight is 309 g/mol. The number of nitrogens with zero attached hydrogens (tertiary/aromatic N) is 1. The molecule has 0 spiro atoms. The normalized spacial score (nSPS) is 10.3. The zero-order valence-corrected chi connectivity index (χ0v) is 12.4. The third-order valence-electron chi connectivity index (χ3n) is 3.36. The summed E-state index contributed by atoms with van der Waals surface area (Å²) in [6.07, 6.45) is 2.52. The van der Waals surface area contributed by atoms with Crippen molar-refractivity contribution >= 4 is 6.09 Å². The van der Waals surface area contributed by atoms with E-state index in [4.69, 9.17) is 15.2 Å². The molecule has 0 unspecified atom stereocenters. The van der Waals surface area contributed by atoms with E-state index >= 15 is 0 Å². The van der Waals surface area contributed by atoms with Crippen LogP contribution < -0.4 is 15.2 Å². The van der Waals surface area contributed by atoms with E-state index in [1.165, 1.54) is 0 Å². The molecule has 3 N–H and O–H groups in total. The lowest BCUT2D eigenvalue weighted by molar-refractivity contribution is 0.211. The Morgan fingerprint density at radius 1 is 1.09 bits per heavy atom. The van der Waals surface area contributed by atoms with Crippen LogP contribution >= 0.6 is 0 Å². The number of aromatic nitrogens is 2. The molecule has 2 heterocycles. The number of H-pyrrole nitrogens is 1. The third kappa shape index (κ3) is 3.16. The maximum absolute atomic E-state index is 11.2. The third-order valence-corrected chi connectivity index (χ3v) is 3.36. The zero-order valence-electron chi connectivity index (χ0n) is 12.4. The largest absolute Gasteiger partial charge is 0.497 e. The van der Waals surface area contributed by atoms with Crippen molar-refractivity contribution in [1.82, 2.24) is 9.97 Å². The first-order valence-electron chi connectivity index (χ1n) is 6.92. The van der Waals surface area contributed by atoms with Crippen LogP contribution in [-0.2, 0) is 0 Å². The number of ether oxygens (including phenoxy) is 2. The fourth-order valence-electron chi connectivity index (χ4n) is 2.28. The number of carbonyl (C=O) groups excluding carboxylic acids is 1. The summed E-state index contributed by atoms with van der Waals surface area (Å²) in [6.45, 7) is 0. The van der Waals surface area contributed by atoms with Gasteiger partial charge in [-0.05, 0) is 36.4 Å². The van der Waals surface area contributed by atoms with E-state index in [1.807, 2.05) is 36.4 Å². The number of aromatic amines is 1. The van der Waals surface area contributed by atoms with Crippen LogP contribution in [0.5, 0.6) is 11.5 Å². The van der Waals surface area contributed by atoms with E-state index < -0.39 is 6.09 Å². The van der Waals surface area contributed by atoms with E-state index in [-0.39, 0.29) is 0 Å². The number of amides is 1. The summed E-state index contributed by atoms with van der Waals surface area (Å²) >= 11 is 0. The van der Waals surface area contributed by atoms with Gasteiger partial charge in [-0.2, -0.15) is 0 Å². The van der Waals surface area contributed by atoms with Gasteiger partial charge in [-0.3, -0.25) is 4.98 Å². The molecule has 0 saturated heterocycles. The summed E-state index contributed by atoms with van der Waals surface area (Å²) in [7, 11) is 1.60. The molecule has 0 aliphatic heterocycles. The minimum atomic E-state index is -0.861. The Morgan fingerprint density at radius 2 is 1.78 bits per heavy atom. The molecule has 0 atom stereocenters. The summed E-state index contributed by atoms with van der Waals surface area (Å²) in [5, 5.41) is 0. The van der Waals surface area contributed by atoms with E-state index in [9.17, 15) is 4.79 Å². The van der Waals surface area contributed by atoms with E-state index in [0.29, 0.717) is 11.4 Å². The van der Waals surface area contributed by atoms with E-state index in [0.717, 1.165) is 22.6 Å². The molecule has 1 aromatic carbocycles. The highest BCUT2D eigenvalue weighted by Gasteiger charge is 2.15. The van der Waals surface area contributed by atoms with Gasteiger partial charge in [0.2, 0.25) is 0 Å². The Balaban J connectivity index is 2.06. The summed E-state index contributed by atoms with van der Waals surface area (Å²) in [5.74, 6) is 1.11. The average Bonchev–Trinajstić information content (AvgIpc) is 2.99. The van der Waals surface area contributed by atoms with Crippen molar-refractivity contribution in [3.8, 4) is 34.0 Å². The highest BCUT2D eigenvalue weighted by Crippen LogP contribution is 2.35. The Bertz CT molecular complexity index is 811. The molecule has 3 rings (SSSR count). The van der Waals surface area contributed by atoms with Crippen molar-refractivity contribution in [3.63, 3.8) is 0 Å². The SMILES string of the molecule is COc1ccc(-c2[nH]c(-c3ccncc3)cc2OC(N)=O)cc1. The highest BCUT2D eigenvalue weighted by molar-refractivity contribution is 5.78. The monoisotopic (exact) mass is 309 g/mol. The quantitative estimate of drug-likeness (QED) is 0.774. The van der Waals surface area contributed by atoms with Gasteiger partial charge in [-0.25, -0.2) is 4.79 Å². The number of nitrogens with two attached hydrogens (primary N) is 1. The maximum Gasteiger partial charge on any atom is 0.410 e. The van der Waals surface area contributed by atoms with Gasteiger partial charge < -0.3 is 20.2 Å². The first-order valence-corrected chi connectivity index (χ1v) is 6.92. The fraction of sp³-hybridized carbons (Fsp3) is 0.0588. The summed E-state index contributed by atoms with van der Waals surface area (Å²) in [4.78, 5) is 18.4. The molecule has 0 fully saturated rings. The topological polar surface area (TPSA) is 90.2 Å². The summed E-state index contributed by atoms with van der Waals surface area (Å²) in [5.41, 5.74) is 8.40. The predicted molar refractivity (Wildman–Crippen MR) is 86.2 cm³/mol. The minimum absolute atomic E-state index is 0.370. The molecule has 23 heavy (non-hydrogen) atoms. The number of methoxy groups -OCH3 is 1. The standard InChI is InChI=1S/C17H15N3O3/c1-22-13-4-2-12(3-5-13)16-15(23-17(18)21)10-14(20-16)11-6-8-19-9-7-11/h2-10,20H,1H3,(H2,18,21). The number of benzene rings is 1. The first-order chi connectivity index (χ1) is 11.2. The van der Waals surface area contributed by atoms with Crippen LogP contribution in [0.2, 0.25) is 0 Å².